The van der Waals surface area contributed by atoms with Gasteiger partial charge in [-0.1, -0.05) is 6.07 Å². The van der Waals surface area contributed by atoms with Crippen LogP contribution in [-0.2, 0) is 14.8 Å². The van der Waals surface area contributed by atoms with Crippen molar-refractivity contribution in [2.75, 3.05) is 31.6 Å². The van der Waals surface area contributed by atoms with E-state index in [2.05, 4.69) is 10.3 Å². The molecule has 1 amide bonds. The van der Waals surface area contributed by atoms with E-state index in [9.17, 15) is 18.3 Å². The maximum atomic E-state index is 12.6. The molecule has 1 saturated heterocycles. The number of morpholine rings is 1. The first-order valence-corrected chi connectivity index (χ1v) is 9.19. The molecular weight excluding hydrogens is 346 g/mol. The van der Waals surface area contributed by atoms with Gasteiger partial charge in [0.15, 0.2) is 0 Å². The molecule has 0 unspecified atom stereocenters. The summed E-state index contributed by atoms with van der Waals surface area (Å²) >= 11 is 0. The molecule has 1 aromatic heterocycles. The van der Waals surface area contributed by atoms with Gasteiger partial charge in [0.05, 0.1) is 18.9 Å². The molecule has 1 aliphatic heterocycles. The zero-order valence-electron chi connectivity index (χ0n) is 13.7. The average molecular weight is 365 g/mol. The summed E-state index contributed by atoms with van der Waals surface area (Å²) in [4.78, 5) is 15.0. The number of aromatic hydroxyl groups is 1. The van der Waals surface area contributed by atoms with Gasteiger partial charge in [-0.2, -0.15) is 4.31 Å². The second kappa shape index (κ2) is 6.87. The van der Waals surface area contributed by atoms with E-state index in [0.29, 0.717) is 13.2 Å². The Balaban J connectivity index is 1.77. The van der Waals surface area contributed by atoms with Gasteiger partial charge in [-0.3, -0.25) is 4.79 Å². The molecule has 0 radical (unpaired) electrons. The van der Waals surface area contributed by atoms with Crippen molar-refractivity contribution in [1.29, 1.82) is 0 Å². The Kier molecular flexibility index (Phi) is 4.80. The number of ether oxygens (including phenoxy) is 1. The quantitative estimate of drug-likeness (QED) is 0.707. The van der Waals surface area contributed by atoms with Crippen LogP contribution in [0.2, 0.25) is 0 Å². The van der Waals surface area contributed by atoms with Gasteiger partial charge in [0.1, 0.15) is 16.3 Å². The summed E-state index contributed by atoms with van der Waals surface area (Å²) in [6.07, 6.45) is 1.29. The second-order valence-electron chi connectivity index (χ2n) is 5.74. The maximum absolute atomic E-state index is 12.6. The van der Waals surface area contributed by atoms with Gasteiger partial charge in [0, 0.05) is 19.3 Å². The van der Waals surface area contributed by atoms with Gasteiger partial charge in [-0.15, -0.1) is 0 Å². The number of aromatic nitrogens is 1. The number of hydrogen-bond acceptors (Lipinski definition) is 5. The molecule has 0 bridgehead atoms. The predicted octanol–water partition coefficient (Wildman–Crippen LogP) is 1.30. The topological polar surface area (TPSA) is 112 Å². The van der Waals surface area contributed by atoms with Crippen molar-refractivity contribution < 1.29 is 23.1 Å². The Morgan fingerprint density at radius 3 is 2.68 bits per heavy atom. The molecule has 9 heteroatoms. The summed E-state index contributed by atoms with van der Waals surface area (Å²) in [5.41, 5.74) is 1.20. The van der Waals surface area contributed by atoms with E-state index in [1.54, 1.807) is 12.1 Å². The smallest absolute Gasteiger partial charge is 0.272 e. The first-order chi connectivity index (χ1) is 11.9. The van der Waals surface area contributed by atoms with E-state index in [4.69, 9.17) is 4.74 Å². The van der Waals surface area contributed by atoms with Crippen molar-refractivity contribution >= 4 is 21.6 Å². The maximum Gasteiger partial charge on any atom is 0.272 e. The zero-order chi connectivity index (χ0) is 18.0. The van der Waals surface area contributed by atoms with Crippen LogP contribution in [0.25, 0.3) is 0 Å². The molecule has 1 fully saturated rings. The molecule has 0 saturated carbocycles. The lowest BCUT2D eigenvalue weighted by atomic mass is 10.2. The van der Waals surface area contributed by atoms with Crippen LogP contribution in [0.1, 0.15) is 16.1 Å². The minimum atomic E-state index is -3.67. The highest BCUT2D eigenvalue weighted by Crippen LogP contribution is 2.25. The molecular formula is C16H19N3O5S. The standard InChI is InChI=1S/C16H19N3O5S/c1-11-2-3-13(15(20)8-11)18-16(21)14-9-12(10-17-14)25(22,23)19-4-6-24-7-5-19/h2-3,8-10,17,20H,4-7H2,1H3,(H,18,21). The number of nitrogens with one attached hydrogen (secondary N) is 2. The number of anilines is 1. The highest BCUT2D eigenvalue weighted by Gasteiger charge is 2.28. The van der Waals surface area contributed by atoms with Gasteiger partial charge >= 0.3 is 0 Å². The fourth-order valence-electron chi connectivity index (χ4n) is 2.53. The van der Waals surface area contributed by atoms with Crippen molar-refractivity contribution in [1.82, 2.24) is 9.29 Å². The van der Waals surface area contributed by atoms with E-state index in [1.807, 2.05) is 6.92 Å². The summed E-state index contributed by atoms with van der Waals surface area (Å²) in [7, 11) is -3.67. The van der Waals surface area contributed by atoms with Crippen LogP contribution in [0.4, 0.5) is 5.69 Å². The third kappa shape index (κ3) is 3.68. The van der Waals surface area contributed by atoms with Crippen molar-refractivity contribution in [2.45, 2.75) is 11.8 Å². The Morgan fingerprint density at radius 1 is 1.28 bits per heavy atom. The molecule has 3 rings (SSSR count). The number of carbonyl (C=O) groups excluding carboxylic acids is 1. The first kappa shape index (κ1) is 17.5. The van der Waals surface area contributed by atoms with Crippen molar-refractivity contribution in [3.05, 3.63) is 41.7 Å². The molecule has 0 spiro atoms. The van der Waals surface area contributed by atoms with E-state index >= 15 is 0 Å². The lowest BCUT2D eigenvalue weighted by Crippen LogP contribution is -2.40. The first-order valence-electron chi connectivity index (χ1n) is 7.75. The molecule has 0 aliphatic carbocycles. The van der Waals surface area contributed by atoms with Gasteiger partial charge in [-0.25, -0.2) is 8.42 Å². The van der Waals surface area contributed by atoms with Crippen LogP contribution in [-0.4, -0.2) is 55.0 Å². The number of carbonyl (C=O) groups is 1. The number of aryl methyl sites for hydroxylation is 1. The average Bonchev–Trinajstić information content (AvgIpc) is 3.09. The summed E-state index contributed by atoms with van der Waals surface area (Å²) < 4.78 is 31.6. The number of benzene rings is 1. The highest BCUT2D eigenvalue weighted by atomic mass is 32.2. The van der Waals surface area contributed by atoms with E-state index in [1.165, 1.54) is 22.6 Å². The molecule has 2 aromatic rings. The summed E-state index contributed by atoms with van der Waals surface area (Å²) in [6.45, 7) is 3.09. The van der Waals surface area contributed by atoms with Crippen molar-refractivity contribution in [2.24, 2.45) is 0 Å². The number of rotatable bonds is 4. The van der Waals surface area contributed by atoms with Crippen LogP contribution in [0.5, 0.6) is 5.75 Å². The van der Waals surface area contributed by atoms with E-state index < -0.39 is 15.9 Å². The molecule has 134 valence electrons. The Hall–Kier alpha value is -2.36. The minimum absolute atomic E-state index is 0.0210. The van der Waals surface area contributed by atoms with Gasteiger partial charge in [0.25, 0.3) is 5.91 Å². The highest BCUT2D eigenvalue weighted by molar-refractivity contribution is 7.89. The number of aromatic amines is 1. The minimum Gasteiger partial charge on any atom is -0.506 e. The summed E-state index contributed by atoms with van der Waals surface area (Å²) in [5, 5.41) is 12.4. The predicted molar refractivity (Wildman–Crippen MR) is 91.2 cm³/mol. The molecule has 3 N–H and O–H groups in total. The molecule has 0 atom stereocenters. The van der Waals surface area contributed by atoms with Gasteiger partial charge in [-0.05, 0) is 30.7 Å². The third-order valence-corrected chi connectivity index (χ3v) is 5.79. The third-order valence-electron chi connectivity index (χ3n) is 3.91. The monoisotopic (exact) mass is 365 g/mol. The molecule has 8 nitrogen and oxygen atoms in total. The number of sulfonamides is 1. The van der Waals surface area contributed by atoms with Gasteiger partial charge in [0.2, 0.25) is 10.0 Å². The number of H-pyrrole nitrogens is 1. The summed E-state index contributed by atoms with van der Waals surface area (Å²) in [5.74, 6) is -0.594. The Morgan fingerprint density at radius 2 is 2.00 bits per heavy atom. The number of phenolic OH excluding ortho intramolecular Hbond substituents is 1. The molecule has 1 aromatic carbocycles. The second-order valence-corrected chi connectivity index (χ2v) is 7.68. The van der Waals surface area contributed by atoms with Crippen LogP contribution in [0.15, 0.2) is 35.4 Å². The summed E-state index contributed by atoms with van der Waals surface area (Å²) in [6, 6.07) is 6.14. The number of nitrogens with zero attached hydrogens (tertiary/aromatic N) is 1. The number of hydrogen-bond donors (Lipinski definition) is 3. The molecule has 2 heterocycles. The lowest BCUT2D eigenvalue weighted by Gasteiger charge is -2.25. The zero-order valence-corrected chi connectivity index (χ0v) is 14.5. The van der Waals surface area contributed by atoms with Gasteiger partial charge < -0.3 is 20.1 Å². The molecule has 25 heavy (non-hydrogen) atoms. The van der Waals surface area contributed by atoms with Crippen LogP contribution in [0.3, 0.4) is 0 Å². The van der Waals surface area contributed by atoms with E-state index in [0.717, 1.165) is 5.56 Å². The van der Waals surface area contributed by atoms with E-state index in [-0.39, 0.29) is 35.1 Å². The Labute approximate surface area is 145 Å². The van der Waals surface area contributed by atoms with Crippen LogP contribution >= 0.6 is 0 Å². The number of amides is 1. The van der Waals surface area contributed by atoms with Crippen LogP contribution in [0, 0.1) is 6.92 Å². The fraction of sp³-hybridized carbons (Fsp3) is 0.312. The number of phenols is 1. The van der Waals surface area contributed by atoms with Crippen molar-refractivity contribution in [3.8, 4) is 5.75 Å². The fourth-order valence-corrected chi connectivity index (χ4v) is 3.93. The Bertz CT molecular complexity index is 885. The normalized spacial score (nSPS) is 15.9. The largest absolute Gasteiger partial charge is 0.506 e. The van der Waals surface area contributed by atoms with Crippen LogP contribution < -0.4 is 5.32 Å². The SMILES string of the molecule is Cc1ccc(NC(=O)c2cc(S(=O)(=O)N3CCOCC3)c[nH]2)c(O)c1. The molecule has 1 aliphatic rings. The lowest BCUT2D eigenvalue weighted by molar-refractivity contribution is 0.0730. The van der Waals surface area contributed by atoms with Crippen molar-refractivity contribution in [3.63, 3.8) is 0 Å².